The number of aliphatic hydroxyl groups excluding tert-OH is 1. The molecule has 0 fully saturated rings. The molecule has 70 valence electrons. The van der Waals surface area contributed by atoms with E-state index < -0.39 is 0 Å². The summed E-state index contributed by atoms with van der Waals surface area (Å²) in [6.07, 6.45) is 4.10. The van der Waals surface area contributed by atoms with Crippen LogP contribution in [0, 0.1) is 0 Å². The molecule has 0 heterocycles. The Morgan fingerprint density at radius 2 is 1.85 bits per heavy atom. The molecule has 0 aromatic heterocycles. The van der Waals surface area contributed by atoms with E-state index in [2.05, 4.69) is 0 Å². The average Bonchev–Trinajstić information content (AvgIpc) is 2.04. The molecule has 0 unspecified atom stereocenters. The van der Waals surface area contributed by atoms with E-state index in [4.69, 9.17) is 11.6 Å². The first-order chi connectivity index (χ1) is 6.09. The summed E-state index contributed by atoms with van der Waals surface area (Å²) in [7, 11) is 0.103. The molecule has 1 aromatic carbocycles. The maximum atomic E-state index is 9.61. The predicted molar refractivity (Wildman–Crippen MR) is 61.3 cm³/mol. The summed E-state index contributed by atoms with van der Waals surface area (Å²) in [6.45, 7) is 0. The van der Waals surface area contributed by atoms with Gasteiger partial charge in [0.25, 0.3) is 0 Å². The minimum atomic E-state index is 0.103. The zero-order chi connectivity index (χ0) is 9.84. The second-order valence-corrected chi connectivity index (χ2v) is 5.32. The first-order valence-corrected chi connectivity index (χ1v) is 6.31. The van der Waals surface area contributed by atoms with Crippen LogP contribution in [0.15, 0.2) is 29.7 Å². The lowest BCUT2D eigenvalue weighted by atomic mass is 10.2. The zero-order valence-corrected chi connectivity index (χ0v) is 9.19. The van der Waals surface area contributed by atoms with Crippen molar-refractivity contribution in [3.05, 3.63) is 40.3 Å². The molecular weight excluding hydrogens is 204 g/mol. The van der Waals surface area contributed by atoms with Crippen molar-refractivity contribution in [3.8, 4) is 0 Å². The van der Waals surface area contributed by atoms with Crippen LogP contribution in [0.5, 0.6) is 0 Å². The molecule has 0 atom stereocenters. The summed E-state index contributed by atoms with van der Waals surface area (Å²) < 4.78 is 0. The molecular formula is C10H12ClOS+. The third-order valence-electron chi connectivity index (χ3n) is 1.49. The van der Waals surface area contributed by atoms with Gasteiger partial charge in [-0.05, 0) is 24.3 Å². The molecule has 3 heteroatoms. The third-order valence-corrected chi connectivity index (χ3v) is 2.43. The minimum absolute atomic E-state index is 0.103. The highest BCUT2D eigenvalue weighted by Crippen LogP contribution is 2.16. The van der Waals surface area contributed by atoms with Crippen LogP contribution in [-0.4, -0.2) is 17.6 Å². The molecule has 0 saturated carbocycles. The molecule has 0 spiro atoms. The molecule has 13 heavy (non-hydrogen) atoms. The van der Waals surface area contributed by atoms with Gasteiger partial charge in [0.1, 0.15) is 12.5 Å². The van der Waals surface area contributed by atoms with Gasteiger partial charge >= 0.3 is 0 Å². The Hall–Kier alpha value is -0.600. The van der Waals surface area contributed by atoms with E-state index in [1.54, 1.807) is 24.3 Å². The van der Waals surface area contributed by atoms with Crippen molar-refractivity contribution in [2.75, 3.05) is 12.5 Å². The SMILES string of the molecule is C[S+](C)/C=C(\O)c1ccc(Cl)cc1. The maximum absolute atomic E-state index is 9.61. The highest BCUT2D eigenvalue weighted by molar-refractivity contribution is 7.98. The van der Waals surface area contributed by atoms with Crippen molar-refractivity contribution in [1.82, 2.24) is 0 Å². The Balaban J connectivity index is 2.89. The molecule has 0 aliphatic rings. The highest BCUT2D eigenvalue weighted by atomic mass is 35.5. The van der Waals surface area contributed by atoms with Crippen LogP contribution in [0.2, 0.25) is 5.02 Å². The van der Waals surface area contributed by atoms with Crippen LogP contribution in [-0.2, 0) is 10.9 Å². The first-order valence-electron chi connectivity index (χ1n) is 3.82. The van der Waals surface area contributed by atoms with Gasteiger partial charge < -0.3 is 5.11 Å². The molecule has 1 aromatic rings. The fourth-order valence-electron chi connectivity index (χ4n) is 0.912. The molecule has 1 nitrogen and oxygen atoms in total. The van der Waals surface area contributed by atoms with Gasteiger partial charge in [-0.15, -0.1) is 0 Å². The number of benzene rings is 1. The van der Waals surface area contributed by atoms with Gasteiger partial charge in [-0.25, -0.2) is 0 Å². The van der Waals surface area contributed by atoms with E-state index in [0.717, 1.165) is 5.56 Å². The lowest BCUT2D eigenvalue weighted by molar-refractivity contribution is 0.513. The molecule has 0 amide bonds. The molecule has 0 aliphatic carbocycles. The van der Waals surface area contributed by atoms with Gasteiger partial charge in [-0.2, -0.15) is 0 Å². The van der Waals surface area contributed by atoms with Crippen molar-refractivity contribution in [3.63, 3.8) is 0 Å². The van der Waals surface area contributed by atoms with Gasteiger partial charge in [0.05, 0.1) is 0 Å². The van der Waals surface area contributed by atoms with Crippen LogP contribution < -0.4 is 0 Å². The lowest BCUT2D eigenvalue weighted by Crippen LogP contribution is -1.91. The Morgan fingerprint density at radius 3 is 2.31 bits per heavy atom. The normalized spacial score (nSPS) is 12.2. The number of hydrogen-bond acceptors (Lipinski definition) is 1. The van der Waals surface area contributed by atoms with E-state index in [-0.39, 0.29) is 10.9 Å². The first kappa shape index (κ1) is 10.5. The highest BCUT2D eigenvalue weighted by Gasteiger charge is 2.04. The van der Waals surface area contributed by atoms with E-state index in [1.807, 2.05) is 17.9 Å². The number of aliphatic hydroxyl groups is 1. The number of rotatable bonds is 2. The Labute approximate surface area is 86.4 Å². The largest absolute Gasteiger partial charge is 0.503 e. The fraction of sp³-hybridized carbons (Fsp3) is 0.200. The second-order valence-electron chi connectivity index (χ2n) is 2.89. The lowest BCUT2D eigenvalue weighted by Gasteiger charge is -1.98. The number of halogens is 1. The van der Waals surface area contributed by atoms with Gasteiger partial charge in [0.2, 0.25) is 0 Å². The summed E-state index contributed by atoms with van der Waals surface area (Å²) >= 11 is 5.72. The molecule has 0 aliphatic heterocycles. The summed E-state index contributed by atoms with van der Waals surface area (Å²) in [6, 6.07) is 7.15. The van der Waals surface area contributed by atoms with Crippen molar-refractivity contribution in [1.29, 1.82) is 0 Å². The summed E-state index contributed by atoms with van der Waals surface area (Å²) in [4.78, 5) is 0. The molecule has 1 N–H and O–H groups in total. The van der Waals surface area contributed by atoms with E-state index in [1.165, 1.54) is 0 Å². The van der Waals surface area contributed by atoms with Crippen molar-refractivity contribution in [2.24, 2.45) is 0 Å². The smallest absolute Gasteiger partial charge is 0.170 e. The summed E-state index contributed by atoms with van der Waals surface area (Å²) in [5, 5.41) is 12.1. The minimum Gasteiger partial charge on any atom is -0.503 e. The molecule has 1 rings (SSSR count). The van der Waals surface area contributed by atoms with Crippen molar-refractivity contribution < 1.29 is 5.11 Å². The molecule has 0 bridgehead atoms. The fourth-order valence-corrected chi connectivity index (χ4v) is 1.62. The Morgan fingerprint density at radius 1 is 1.31 bits per heavy atom. The van der Waals surface area contributed by atoms with Crippen molar-refractivity contribution in [2.45, 2.75) is 0 Å². The van der Waals surface area contributed by atoms with E-state index >= 15 is 0 Å². The summed E-state index contributed by atoms with van der Waals surface area (Å²) in [5.41, 5.74) is 0.811. The van der Waals surface area contributed by atoms with Gasteiger partial charge in [-0.1, -0.05) is 11.6 Å². The van der Waals surface area contributed by atoms with Crippen LogP contribution in [0.25, 0.3) is 5.76 Å². The van der Waals surface area contributed by atoms with Crippen molar-refractivity contribution >= 4 is 28.3 Å². The monoisotopic (exact) mass is 215 g/mol. The Kier molecular flexibility index (Phi) is 3.70. The summed E-state index contributed by atoms with van der Waals surface area (Å²) in [5.74, 6) is 0.324. The van der Waals surface area contributed by atoms with Crippen LogP contribution in [0.1, 0.15) is 5.56 Å². The van der Waals surface area contributed by atoms with Gasteiger partial charge in [0.15, 0.2) is 11.2 Å². The predicted octanol–water partition coefficient (Wildman–Crippen LogP) is 3.07. The van der Waals surface area contributed by atoms with E-state index in [0.29, 0.717) is 10.8 Å². The Bertz CT molecular complexity index is 303. The average molecular weight is 216 g/mol. The van der Waals surface area contributed by atoms with Crippen LogP contribution in [0.4, 0.5) is 0 Å². The van der Waals surface area contributed by atoms with Gasteiger partial charge in [-0.3, -0.25) is 0 Å². The van der Waals surface area contributed by atoms with Crippen LogP contribution >= 0.6 is 11.6 Å². The quantitative estimate of drug-likeness (QED) is 0.594. The topological polar surface area (TPSA) is 20.2 Å². The zero-order valence-electron chi connectivity index (χ0n) is 7.62. The maximum Gasteiger partial charge on any atom is 0.170 e. The molecule has 0 radical (unpaired) electrons. The number of hydrogen-bond donors (Lipinski definition) is 1. The van der Waals surface area contributed by atoms with E-state index in [9.17, 15) is 5.11 Å². The third kappa shape index (κ3) is 3.33. The van der Waals surface area contributed by atoms with Crippen LogP contribution in [0.3, 0.4) is 0 Å². The molecule has 0 saturated heterocycles. The second kappa shape index (κ2) is 4.58. The van der Waals surface area contributed by atoms with Gasteiger partial charge in [0, 0.05) is 21.5 Å². The standard InChI is InChI=1S/C10H11ClOS/c1-13(2)7-10(12)8-3-5-9(11)6-4-8/h3-7H,1-2H3/p+1/b10-7-.